The Labute approximate surface area is 96.5 Å². The summed E-state index contributed by atoms with van der Waals surface area (Å²) in [7, 11) is 0. The second-order valence-electron chi connectivity index (χ2n) is 3.62. The van der Waals surface area contributed by atoms with Gasteiger partial charge in [0.05, 0.1) is 17.5 Å². The summed E-state index contributed by atoms with van der Waals surface area (Å²) >= 11 is 4.62. The third-order valence-electron chi connectivity index (χ3n) is 1.68. The van der Waals surface area contributed by atoms with Crippen LogP contribution < -0.4 is 11.1 Å². The fraction of sp³-hybridized carbons (Fsp3) is 0.800. The lowest BCUT2D eigenvalue weighted by atomic mass is 10.3. The van der Waals surface area contributed by atoms with E-state index in [0.29, 0.717) is 6.54 Å². The van der Waals surface area contributed by atoms with Crippen LogP contribution in [0.2, 0.25) is 0 Å². The highest BCUT2D eigenvalue weighted by molar-refractivity contribution is 7.80. The maximum atomic E-state index is 11.1. The molecule has 0 aliphatic heterocycles. The molecule has 5 heteroatoms. The average Bonchev–Trinajstić information content (AvgIpc) is 2.09. The number of ether oxygens (including phenoxy) is 1. The van der Waals surface area contributed by atoms with E-state index in [1.54, 1.807) is 0 Å². The van der Waals surface area contributed by atoms with Crippen molar-refractivity contribution in [3.05, 3.63) is 0 Å². The van der Waals surface area contributed by atoms with Crippen LogP contribution >= 0.6 is 12.2 Å². The molecule has 1 amide bonds. The molecule has 0 aliphatic rings. The number of thiocarbonyl (C=S) groups is 1. The highest BCUT2D eigenvalue weighted by atomic mass is 32.1. The molecular weight excluding hydrogens is 212 g/mol. The third-order valence-corrected chi connectivity index (χ3v) is 1.82. The molecule has 4 nitrogen and oxygen atoms in total. The van der Waals surface area contributed by atoms with Gasteiger partial charge in [-0.25, -0.2) is 0 Å². The van der Waals surface area contributed by atoms with Gasteiger partial charge in [-0.1, -0.05) is 12.2 Å². The SMILES string of the molecule is CC(C)OCCCCNC(=O)CC(N)=S. The lowest BCUT2D eigenvalue weighted by molar-refractivity contribution is -0.119. The van der Waals surface area contributed by atoms with Crippen molar-refractivity contribution < 1.29 is 9.53 Å². The van der Waals surface area contributed by atoms with Gasteiger partial charge in [0.15, 0.2) is 0 Å². The van der Waals surface area contributed by atoms with Gasteiger partial charge in [0.1, 0.15) is 0 Å². The van der Waals surface area contributed by atoms with E-state index in [4.69, 9.17) is 10.5 Å². The Kier molecular flexibility index (Phi) is 8.22. The van der Waals surface area contributed by atoms with Crippen LogP contribution in [0.4, 0.5) is 0 Å². The van der Waals surface area contributed by atoms with Gasteiger partial charge in [0.25, 0.3) is 0 Å². The number of nitrogens with one attached hydrogen (secondary N) is 1. The first kappa shape index (κ1) is 14.3. The van der Waals surface area contributed by atoms with E-state index in [1.165, 1.54) is 0 Å². The normalized spacial score (nSPS) is 10.3. The Bertz CT molecular complexity index is 208. The maximum absolute atomic E-state index is 11.1. The number of hydrogen-bond donors (Lipinski definition) is 2. The van der Waals surface area contributed by atoms with E-state index in [0.717, 1.165) is 19.4 Å². The van der Waals surface area contributed by atoms with Crippen LogP contribution in [0.5, 0.6) is 0 Å². The Morgan fingerprint density at radius 3 is 2.67 bits per heavy atom. The van der Waals surface area contributed by atoms with Crippen LogP contribution in [-0.2, 0) is 9.53 Å². The summed E-state index contributed by atoms with van der Waals surface area (Å²) in [5.74, 6) is -0.104. The summed E-state index contributed by atoms with van der Waals surface area (Å²) in [5, 5.41) is 2.74. The lowest BCUT2D eigenvalue weighted by Crippen LogP contribution is -2.28. The molecule has 0 fully saturated rings. The quantitative estimate of drug-likeness (QED) is 0.484. The Morgan fingerprint density at radius 1 is 1.47 bits per heavy atom. The van der Waals surface area contributed by atoms with Gasteiger partial charge >= 0.3 is 0 Å². The molecule has 0 spiro atoms. The molecule has 88 valence electrons. The fourth-order valence-electron chi connectivity index (χ4n) is 0.995. The molecule has 0 unspecified atom stereocenters. The van der Waals surface area contributed by atoms with Crippen molar-refractivity contribution in [1.82, 2.24) is 5.32 Å². The summed E-state index contributed by atoms with van der Waals surface area (Å²) in [6, 6.07) is 0. The Morgan fingerprint density at radius 2 is 2.13 bits per heavy atom. The first-order valence-corrected chi connectivity index (χ1v) is 5.59. The molecule has 0 radical (unpaired) electrons. The summed E-state index contributed by atoms with van der Waals surface area (Å²) in [6.07, 6.45) is 2.27. The number of unbranched alkanes of at least 4 members (excludes halogenated alkanes) is 1. The van der Waals surface area contributed by atoms with Gasteiger partial charge in [-0.05, 0) is 26.7 Å². The molecule has 0 aromatic heterocycles. The highest BCUT2D eigenvalue weighted by Crippen LogP contribution is 1.93. The molecule has 3 N–H and O–H groups in total. The minimum atomic E-state index is -0.104. The van der Waals surface area contributed by atoms with E-state index in [1.807, 2.05) is 13.8 Å². The summed E-state index contributed by atoms with van der Waals surface area (Å²) < 4.78 is 5.36. The molecule has 0 heterocycles. The van der Waals surface area contributed by atoms with E-state index in [9.17, 15) is 4.79 Å². The molecule has 15 heavy (non-hydrogen) atoms. The van der Waals surface area contributed by atoms with Gasteiger partial charge in [0.2, 0.25) is 5.91 Å². The van der Waals surface area contributed by atoms with Crippen molar-refractivity contribution >= 4 is 23.1 Å². The molecule has 0 saturated heterocycles. The number of hydrogen-bond acceptors (Lipinski definition) is 3. The first-order chi connectivity index (χ1) is 7.02. The number of nitrogens with two attached hydrogens (primary N) is 1. The first-order valence-electron chi connectivity index (χ1n) is 5.19. The van der Waals surface area contributed by atoms with Crippen molar-refractivity contribution in [1.29, 1.82) is 0 Å². The van der Waals surface area contributed by atoms with Crippen LogP contribution in [0.25, 0.3) is 0 Å². The predicted molar refractivity (Wildman–Crippen MR) is 64.7 cm³/mol. The molecule has 0 aromatic rings. The zero-order valence-electron chi connectivity index (χ0n) is 9.41. The monoisotopic (exact) mass is 232 g/mol. The minimum absolute atomic E-state index is 0.104. The van der Waals surface area contributed by atoms with Gasteiger partial charge in [-0.15, -0.1) is 0 Å². The summed E-state index contributed by atoms with van der Waals surface area (Å²) in [4.78, 5) is 11.3. The molecule has 0 atom stereocenters. The van der Waals surface area contributed by atoms with E-state index in [2.05, 4.69) is 17.5 Å². The smallest absolute Gasteiger partial charge is 0.226 e. The molecular formula is C10H20N2O2S. The van der Waals surface area contributed by atoms with E-state index in [-0.39, 0.29) is 23.4 Å². The largest absolute Gasteiger partial charge is 0.393 e. The van der Waals surface area contributed by atoms with Crippen molar-refractivity contribution in [2.24, 2.45) is 5.73 Å². The predicted octanol–water partition coefficient (Wildman–Crippen LogP) is 0.984. The highest BCUT2D eigenvalue weighted by Gasteiger charge is 2.01. The summed E-state index contributed by atoms with van der Waals surface area (Å²) in [5.41, 5.74) is 5.23. The Balaban J connectivity index is 3.24. The number of carbonyl (C=O) groups excluding carboxylic acids is 1. The van der Waals surface area contributed by atoms with Crippen LogP contribution in [-0.4, -0.2) is 30.2 Å². The average molecular weight is 232 g/mol. The fourth-order valence-corrected chi connectivity index (χ4v) is 1.13. The zero-order chi connectivity index (χ0) is 11.7. The van der Waals surface area contributed by atoms with Crippen molar-refractivity contribution in [3.8, 4) is 0 Å². The molecule has 0 bridgehead atoms. The van der Waals surface area contributed by atoms with Gasteiger partial charge in [-0.3, -0.25) is 4.79 Å². The zero-order valence-corrected chi connectivity index (χ0v) is 10.2. The molecule has 0 aliphatic carbocycles. The van der Waals surface area contributed by atoms with Gasteiger partial charge in [0, 0.05) is 13.2 Å². The van der Waals surface area contributed by atoms with Gasteiger partial charge < -0.3 is 15.8 Å². The van der Waals surface area contributed by atoms with Crippen LogP contribution in [0.15, 0.2) is 0 Å². The van der Waals surface area contributed by atoms with Crippen LogP contribution in [0.3, 0.4) is 0 Å². The van der Waals surface area contributed by atoms with Gasteiger partial charge in [-0.2, -0.15) is 0 Å². The third kappa shape index (κ3) is 11.2. The van der Waals surface area contributed by atoms with Crippen molar-refractivity contribution in [2.75, 3.05) is 13.2 Å². The molecule has 0 rings (SSSR count). The number of carbonyl (C=O) groups is 1. The molecule has 0 aromatic carbocycles. The van der Waals surface area contributed by atoms with Crippen molar-refractivity contribution in [3.63, 3.8) is 0 Å². The van der Waals surface area contributed by atoms with Crippen LogP contribution in [0.1, 0.15) is 33.1 Å². The topological polar surface area (TPSA) is 64.3 Å². The van der Waals surface area contributed by atoms with Crippen LogP contribution in [0, 0.1) is 0 Å². The Hall–Kier alpha value is -0.680. The van der Waals surface area contributed by atoms with Crippen molar-refractivity contribution in [2.45, 2.75) is 39.2 Å². The molecule has 0 saturated carbocycles. The standard InChI is InChI=1S/C10H20N2O2S/c1-8(2)14-6-4-3-5-12-10(13)7-9(11)15/h8H,3-7H2,1-2H3,(H2,11,15)(H,12,13). The second kappa shape index (κ2) is 8.61. The number of rotatable bonds is 8. The minimum Gasteiger partial charge on any atom is -0.393 e. The second-order valence-corrected chi connectivity index (χ2v) is 4.14. The summed E-state index contributed by atoms with van der Waals surface area (Å²) in [6.45, 7) is 5.40. The van der Waals surface area contributed by atoms with E-state index < -0.39 is 0 Å². The van der Waals surface area contributed by atoms with E-state index >= 15 is 0 Å². The maximum Gasteiger partial charge on any atom is 0.226 e. The number of amides is 1. The lowest BCUT2D eigenvalue weighted by Gasteiger charge is -2.07.